The average molecular weight is 536 g/mol. The minimum atomic E-state index is -4.82. The van der Waals surface area contributed by atoms with Crippen LogP contribution in [0.2, 0.25) is 0 Å². The highest BCUT2D eigenvalue weighted by Crippen LogP contribution is 2.48. The number of ether oxygens (including phenoxy) is 6. The summed E-state index contributed by atoms with van der Waals surface area (Å²) >= 11 is 0. The molecule has 35 heavy (non-hydrogen) atoms. The molecule has 0 aliphatic carbocycles. The van der Waals surface area contributed by atoms with E-state index in [0.29, 0.717) is 0 Å². The molecule has 0 aliphatic heterocycles. The molecule has 0 fully saturated rings. The lowest BCUT2D eigenvalue weighted by atomic mass is 10.2. The number of rotatable bonds is 18. The van der Waals surface area contributed by atoms with Gasteiger partial charge in [-0.1, -0.05) is 0 Å². The lowest BCUT2D eigenvalue weighted by Crippen LogP contribution is -2.38. The first-order chi connectivity index (χ1) is 16.4. The van der Waals surface area contributed by atoms with Crippen LogP contribution in [0, 0.1) is 11.6 Å². The molecule has 1 aromatic carbocycles. The second-order valence-electron chi connectivity index (χ2n) is 6.29. The molecule has 0 heterocycles. The number of benzene rings is 1. The largest absolute Gasteiger partial charge is 0.485 e. The number of halogens is 9. The summed E-state index contributed by atoms with van der Waals surface area (Å²) in [4.78, 5) is 0. The Hall–Kier alpha value is -2.37. The van der Waals surface area contributed by atoms with Crippen molar-refractivity contribution in [3.05, 3.63) is 11.6 Å². The number of hydrogen-bond donors (Lipinski definition) is 2. The van der Waals surface area contributed by atoms with Crippen molar-refractivity contribution in [3.8, 4) is 23.0 Å². The van der Waals surface area contributed by atoms with Gasteiger partial charge >= 0.3 is 12.2 Å². The average Bonchev–Trinajstić information content (AvgIpc) is 2.80. The monoisotopic (exact) mass is 536 g/mol. The second kappa shape index (κ2) is 14.3. The van der Waals surface area contributed by atoms with Crippen molar-refractivity contribution in [2.75, 3.05) is 59.9 Å². The Kier molecular flexibility index (Phi) is 12.5. The Morgan fingerprint density at radius 2 is 1.31 bits per heavy atom. The van der Waals surface area contributed by atoms with E-state index in [1.165, 1.54) is 0 Å². The number of aliphatic hydroxyl groups excluding tert-OH is 2. The molecule has 0 bridgehead atoms. The Morgan fingerprint density at radius 1 is 0.743 bits per heavy atom. The van der Waals surface area contributed by atoms with Crippen LogP contribution in [0.4, 0.5) is 39.5 Å². The molecule has 0 saturated heterocycles. The molecule has 1 unspecified atom stereocenters. The standard InChI is InChI=1S/C18H21F9O8/c19-1-3-31-13-11(22)14(32-4-2-20)16(33-9-21)15(12(13)23)35-18(26,27)8-34-17(24,25)7-30-6-10(29)5-28/h10,28-29H,1-9H2. The van der Waals surface area contributed by atoms with E-state index < -0.39 is 113 Å². The fourth-order valence-electron chi connectivity index (χ4n) is 2.20. The summed E-state index contributed by atoms with van der Waals surface area (Å²) in [7, 11) is 0. The molecule has 0 radical (unpaired) electrons. The van der Waals surface area contributed by atoms with Gasteiger partial charge in [0, 0.05) is 0 Å². The summed E-state index contributed by atoms with van der Waals surface area (Å²) in [6.07, 6.45) is -10.8. The fourth-order valence-corrected chi connectivity index (χ4v) is 2.20. The summed E-state index contributed by atoms with van der Waals surface area (Å²) in [6, 6.07) is 0. The first kappa shape index (κ1) is 30.7. The number of hydrogen-bond acceptors (Lipinski definition) is 8. The third-order valence-corrected chi connectivity index (χ3v) is 3.55. The summed E-state index contributed by atoms with van der Waals surface area (Å²) in [5, 5.41) is 17.5. The number of alkyl halides is 7. The van der Waals surface area contributed by atoms with E-state index in [-0.39, 0.29) is 0 Å². The van der Waals surface area contributed by atoms with Gasteiger partial charge in [0.2, 0.25) is 35.7 Å². The van der Waals surface area contributed by atoms with Crippen LogP contribution in [0.3, 0.4) is 0 Å². The van der Waals surface area contributed by atoms with Crippen molar-refractivity contribution in [3.63, 3.8) is 0 Å². The first-order valence-corrected chi connectivity index (χ1v) is 9.49. The lowest BCUT2D eigenvalue weighted by molar-refractivity contribution is -0.315. The van der Waals surface area contributed by atoms with Gasteiger partial charge in [-0.05, 0) is 0 Å². The Morgan fingerprint density at radius 3 is 1.86 bits per heavy atom. The van der Waals surface area contributed by atoms with Crippen molar-refractivity contribution in [1.82, 2.24) is 0 Å². The maximum atomic E-state index is 14.7. The maximum Gasteiger partial charge on any atom is 0.422 e. The topological polar surface area (TPSA) is 95.8 Å². The predicted molar refractivity (Wildman–Crippen MR) is 96.3 cm³/mol. The van der Waals surface area contributed by atoms with Gasteiger partial charge in [-0.2, -0.15) is 26.3 Å². The highest BCUT2D eigenvalue weighted by atomic mass is 19.3. The third-order valence-electron chi connectivity index (χ3n) is 3.55. The van der Waals surface area contributed by atoms with Crippen molar-refractivity contribution >= 4 is 0 Å². The Balaban J connectivity index is 3.20. The fraction of sp³-hybridized carbons (Fsp3) is 0.667. The van der Waals surface area contributed by atoms with Gasteiger partial charge < -0.3 is 38.6 Å². The molecule has 0 aliphatic rings. The van der Waals surface area contributed by atoms with Crippen LogP contribution in [0.15, 0.2) is 0 Å². The van der Waals surface area contributed by atoms with E-state index in [1.807, 2.05) is 0 Å². The van der Waals surface area contributed by atoms with Crippen LogP contribution < -0.4 is 18.9 Å². The summed E-state index contributed by atoms with van der Waals surface area (Å²) in [5.41, 5.74) is 0. The van der Waals surface area contributed by atoms with Crippen molar-refractivity contribution in [1.29, 1.82) is 0 Å². The first-order valence-electron chi connectivity index (χ1n) is 9.49. The third kappa shape index (κ3) is 9.65. The molecule has 0 saturated carbocycles. The summed E-state index contributed by atoms with van der Waals surface area (Å²) < 4.78 is 148. The maximum absolute atomic E-state index is 14.7. The molecule has 1 atom stereocenters. The molecular weight excluding hydrogens is 515 g/mol. The van der Waals surface area contributed by atoms with Gasteiger partial charge in [0.1, 0.15) is 39.3 Å². The molecule has 8 nitrogen and oxygen atoms in total. The van der Waals surface area contributed by atoms with Gasteiger partial charge in [-0.25, -0.2) is 13.2 Å². The Labute approximate surface area is 192 Å². The molecule has 204 valence electrons. The van der Waals surface area contributed by atoms with E-state index in [0.717, 1.165) is 0 Å². The van der Waals surface area contributed by atoms with Crippen molar-refractivity contribution < 1.29 is 78.1 Å². The van der Waals surface area contributed by atoms with E-state index in [1.54, 1.807) is 0 Å². The molecule has 2 N–H and O–H groups in total. The second-order valence-corrected chi connectivity index (χ2v) is 6.29. The van der Waals surface area contributed by atoms with Crippen LogP contribution in [0.1, 0.15) is 0 Å². The highest BCUT2D eigenvalue weighted by Gasteiger charge is 2.43. The van der Waals surface area contributed by atoms with Crippen LogP contribution in [-0.4, -0.2) is 88.4 Å². The van der Waals surface area contributed by atoms with E-state index in [2.05, 4.69) is 28.4 Å². The zero-order valence-corrected chi connectivity index (χ0v) is 17.7. The van der Waals surface area contributed by atoms with Gasteiger partial charge in [0.25, 0.3) is 0 Å². The van der Waals surface area contributed by atoms with E-state index in [9.17, 15) is 39.5 Å². The zero-order valence-electron chi connectivity index (χ0n) is 17.7. The Bertz CT molecular complexity index is 785. The van der Waals surface area contributed by atoms with Gasteiger partial charge in [-0.15, -0.1) is 0 Å². The van der Waals surface area contributed by atoms with Crippen LogP contribution in [0.5, 0.6) is 23.0 Å². The smallest absolute Gasteiger partial charge is 0.422 e. The quantitative estimate of drug-likeness (QED) is 0.277. The molecule has 0 amide bonds. The normalized spacial score (nSPS) is 13.0. The van der Waals surface area contributed by atoms with Gasteiger partial charge in [0.05, 0.1) is 13.2 Å². The minimum Gasteiger partial charge on any atom is -0.485 e. The predicted octanol–water partition coefficient (Wildman–Crippen LogP) is 2.92. The van der Waals surface area contributed by atoms with Crippen molar-refractivity contribution in [2.45, 2.75) is 18.3 Å². The van der Waals surface area contributed by atoms with Crippen LogP contribution in [-0.2, 0) is 9.47 Å². The van der Waals surface area contributed by atoms with Crippen LogP contribution in [0.25, 0.3) is 0 Å². The van der Waals surface area contributed by atoms with Gasteiger partial charge in [0.15, 0.2) is 12.4 Å². The van der Waals surface area contributed by atoms with Gasteiger partial charge in [-0.3, -0.25) is 0 Å². The molecule has 1 aromatic rings. The number of aliphatic hydroxyl groups is 2. The molecule has 0 spiro atoms. The van der Waals surface area contributed by atoms with E-state index >= 15 is 0 Å². The minimum absolute atomic E-state index is 0.795. The lowest BCUT2D eigenvalue weighted by Gasteiger charge is -2.24. The molecule has 17 heteroatoms. The molecule has 0 aromatic heterocycles. The van der Waals surface area contributed by atoms with E-state index in [4.69, 9.17) is 10.2 Å². The summed E-state index contributed by atoms with van der Waals surface area (Å²) in [6.45, 7) is -12.0. The highest BCUT2D eigenvalue weighted by molar-refractivity contribution is 5.58. The molecule has 1 rings (SSSR count). The molecular formula is C18H21F9O8. The van der Waals surface area contributed by atoms with Crippen LogP contribution >= 0.6 is 0 Å². The summed E-state index contributed by atoms with van der Waals surface area (Å²) in [5.74, 6) is -10.1. The zero-order chi connectivity index (χ0) is 26.6. The van der Waals surface area contributed by atoms with Crippen molar-refractivity contribution in [2.24, 2.45) is 0 Å². The SMILES string of the molecule is OCC(O)COCC(F)(F)OCC(F)(F)Oc1c(F)c(OCCF)c(F)c(OCCF)c1OCF.